The molecule has 0 atom stereocenters. The van der Waals surface area contributed by atoms with Crippen molar-refractivity contribution in [2.45, 2.75) is 6.92 Å². The molecule has 4 heteroatoms. The number of aromatic nitrogens is 2. The van der Waals surface area contributed by atoms with Crippen LogP contribution < -0.4 is 5.32 Å². The van der Waals surface area contributed by atoms with E-state index in [1.54, 1.807) is 6.20 Å². The number of hydrogen-bond acceptors (Lipinski definition) is 2. The number of nitrogens with zero attached hydrogens (tertiary/aromatic N) is 1. The maximum absolute atomic E-state index is 11.6. The minimum atomic E-state index is -0.227. The molecule has 0 unspecified atom stereocenters. The molecule has 1 heterocycles. The lowest BCUT2D eigenvalue weighted by Crippen LogP contribution is -2.13. The van der Waals surface area contributed by atoms with E-state index in [0.717, 1.165) is 11.4 Å². The number of para-hydroxylation sites is 1. The van der Waals surface area contributed by atoms with E-state index in [-0.39, 0.29) is 5.91 Å². The van der Waals surface area contributed by atoms with Crippen molar-refractivity contribution in [3.63, 3.8) is 0 Å². The molecular weight excluding hydrogens is 190 g/mol. The van der Waals surface area contributed by atoms with Gasteiger partial charge in [-0.3, -0.25) is 4.79 Å². The number of carbonyl (C=O) groups is 1. The van der Waals surface area contributed by atoms with Crippen molar-refractivity contribution < 1.29 is 4.79 Å². The lowest BCUT2D eigenvalue weighted by molar-refractivity contribution is 0.101. The molecule has 0 spiro atoms. The van der Waals surface area contributed by atoms with Crippen LogP contribution in [0.1, 0.15) is 16.3 Å². The number of anilines is 1. The average Bonchev–Trinajstić information content (AvgIpc) is 2.66. The van der Waals surface area contributed by atoms with Crippen molar-refractivity contribution in [2.24, 2.45) is 0 Å². The van der Waals surface area contributed by atoms with Crippen LogP contribution >= 0.6 is 0 Å². The topological polar surface area (TPSA) is 57.8 Å². The fraction of sp³-hybridized carbons (Fsp3) is 0.0909. The van der Waals surface area contributed by atoms with Crippen LogP contribution in [0.3, 0.4) is 0 Å². The van der Waals surface area contributed by atoms with Gasteiger partial charge in [-0.25, -0.2) is 4.98 Å². The fourth-order valence-corrected chi connectivity index (χ4v) is 1.24. The first kappa shape index (κ1) is 9.45. The molecule has 1 aromatic heterocycles. The number of aryl methyl sites for hydroxylation is 1. The molecular formula is C11H11N3O. The van der Waals surface area contributed by atoms with Crippen molar-refractivity contribution >= 4 is 11.6 Å². The standard InChI is InChI=1S/C11H11N3O/c1-8-7-12-10(13-8)11(15)14-9-5-3-2-4-6-9/h2-7H,1H3,(H,12,13)(H,14,15). The second kappa shape index (κ2) is 3.96. The molecule has 1 amide bonds. The summed E-state index contributed by atoms with van der Waals surface area (Å²) >= 11 is 0. The Morgan fingerprint density at radius 1 is 1.33 bits per heavy atom. The highest BCUT2D eigenvalue weighted by Gasteiger charge is 2.08. The molecule has 0 aliphatic heterocycles. The molecule has 0 aliphatic carbocycles. The van der Waals surface area contributed by atoms with Gasteiger partial charge >= 0.3 is 0 Å². The Kier molecular flexibility index (Phi) is 2.49. The first-order valence-corrected chi connectivity index (χ1v) is 4.64. The zero-order valence-electron chi connectivity index (χ0n) is 8.32. The summed E-state index contributed by atoms with van der Waals surface area (Å²) in [6.07, 6.45) is 1.62. The van der Waals surface area contributed by atoms with Crippen molar-refractivity contribution in [1.29, 1.82) is 0 Å². The van der Waals surface area contributed by atoms with E-state index in [0.29, 0.717) is 5.82 Å². The number of carbonyl (C=O) groups excluding carboxylic acids is 1. The Bertz CT molecular complexity index is 462. The number of imidazole rings is 1. The highest BCUT2D eigenvalue weighted by Crippen LogP contribution is 2.06. The molecule has 2 N–H and O–H groups in total. The third-order valence-electron chi connectivity index (χ3n) is 1.95. The summed E-state index contributed by atoms with van der Waals surface area (Å²) in [6, 6.07) is 9.28. The predicted octanol–water partition coefficient (Wildman–Crippen LogP) is 1.97. The molecule has 0 bridgehead atoms. The van der Waals surface area contributed by atoms with Gasteiger partial charge in [0.2, 0.25) is 0 Å². The van der Waals surface area contributed by atoms with E-state index >= 15 is 0 Å². The van der Waals surface area contributed by atoms with Gasteiger partial charge in [0.25, 0.3) is 5.91 Å². The summed E-state index contributed by atoms with van der Waals surface area (Å²) in [5.41, 5.74) is 1.63. The lowest BCUT2D eigenvalue weighted by Gasteiger charge is -2.01. The van der Waals surface area contributed by atoms with E-state index in [2.05, 4.69) is 15.3 Å². The zero-order valence-corrected chi connectivity index (χ0v) is 8.32. The summed E-state index contributed by atoms with van der Waals surface area (Å²) in [7, 11) is 0. The number of hydrogen-bond donors (Lipinski definition) is 2. The Morgan fingerprint density at radius 2 is 2.07 bits per heavy atom. The van der Waals surface area contributed by atoms with Crippen LogP contribution in [0.4, 0.5) is 5.69 Å². The normalized spacial score (nSPS) is 9.93. The number of amides is 1. The third kappa shape index (κ3) is 2.22. The maximum Gasteiger partial charge on any atom is 0.291 e. The van der Waals surface area contributed by atoms with Gasteiger partial charge in [0.15, 0.2) is 5.82 Å². The largest absolute Gasteiger partial charge is 0.338 e. The monoisotopic (exact) mass is 201 g/mol. The molecule has 0 aliphatic rings. The molecule has 0 saturated heterocycles. The molecule has 15 heavy (non-hydrogen) atoms. The van der Waals surface area contributed by atoms with E-state index in [9.17, 15) is 4.79 Å². The fourth-order valence-electron chi connectivity index (χ4n) is 1.24. The average molecular weight is 201 g/mol. The number of aromatic amines is 1. The first-order chi connectivity index (χ1) is 7.25. The second-order valence-electron chi connectivity index (χ2n) is 3.23. The smallest absolute Gasteiger partial charge is 0.291 e. The Balaban J connectivity index is 2.11. The van der Waals surface area contributed by atoms with Gasteiger partial charge in [-0.05, 0) is 19.1 Å². The Labute approximate surface area is 87.4 Å². The van der Waals surface area contributed by atoms with Crippen molar-refractivity contribution in [2.75, 3.05) is 5.32 Å². The minimum absolute atomic E-state index is 0.227. The summed E-state index contributed by atoms with van der Waals surface area (Å²) < 4.78 is 0. The predicted molar refractivity (Wildman–Crippen MR) is 57.7 cm³/mol. The zero-order chi connectivity index (χ0) is 10.7. The van der Waals surface area contributed by atoms with E-state index in [1.165, 1.54) is 0 Å². The molecule has 76 valence electrons. The van der Waals surface area contributed by atoms with Gasteiger partial charge in [-0.1, -0.05) is 18.2 Å². The van der Waals surface area contributed by atoms with Crippen LogP contribution in [0.5, 0.6) is 0 Å². The maximum atomic E-state index is 11.6. The molecule has 0 saturated carbocycles. The Hall–Kier alpha value is -2.10. The van der Waals surface area contributed by atoms with Crippen LogP contribution in [-0.4, -0.2) is 15.9 Å². The van der Waals surface area contributed by atoms with Crippen molar-refractivity contribution in [3.05, 3.63) is 48.0 Å². The molecule has 2 rings (SSSR count). The van der Waals surface area contributed by atoms with Gasteiger partial charge in [-0.15, -0.1) is 0 Å². The number of benzene rings is 1. The minimum Gasteiger partial charge on any atom is -0.338 e. The molecule has 0 fully saturated rings. The van der Waals surface area contributed by atoms with Crippen LogP contribution in [0, 0.1) is 6.92 Å². The van der Waals surface area contributed by atoms with Crippen LogP contribution in [0.15, 0.2) is 36.5 Å². The van der Waals surface area contributed by atoms with E-state index < -0.39 is 0 Å². The first-order valence-electron chi connectivity index (χ1n) is 4.64. The molecule has 4 nitrogen and oxygen atoms in total. The van der Waals surface area contributed by atoms with Gasteiger partial charge in [0, 0.05) is 17.6 Å². The molecule has 1 aromatic carbocycles. The van der Waals surface area contributed by atoms with Crippen LogP contribution in [0.25, 0.3) is 0 Å². The van der Waals surface area contributed by atoms with Crippen molar-refractivity contribution in [3.8, 4) is 0 Å². The number of nitrogens with one attached hydrogen (secondary N) is 2. The SMILES string of the molecule is Cc1cnc(C(=O)Nc2ccccc2)[nH]1. The van der Waals surface area contributed by atoms with Gasteiger partial charge in [-0.2, -0.15) is 0 Å². The quantitative estimate of drug-likeness (QED) is 0.780. The van der Waals surface area contributed by atoms with Gasteiger partial charge in [0.1, 0.15) is 0 Å². The van der Waals surface area contributed by atoms with Gasteiger partial charge < -0.3 is 10.3 Å². The number of H-pyrrole nitrogens is 1. The highest BCUT2D eigenvalue weighted by atomic mass is 16.2. The summed E-state index contributed by atoms with van der Waals surface area (Å²) in [4.78, 5) is 18.4. The second-order valence-corrected chi connectivity index (χ2v) is 3.23. The third-order valence-corrected chi connectivity index (χ3v) is 1.95. The number of rotatable bonds is 2. The van der Waals surface area contributed by atoms with Gasteiger partial charge in [0.05, 0.1) is 0 Å². The summed E-state index contributed by atoms with van der Waals surface area (Å²) in [6.45, 7) is 1.85. The lowest BCUT2D eigenvalue weighted by atomic mass is 10.3. The Morgan fingerprint density at radius 3 is 2.67 bits per heavy atom. The van der Waals surface area contributed by atoms with E-state index in [4.69, 9.17) is 0 Å². The summed E-state index contributed by atoms with van der Waals surface area (Å²) in [5.74, 6) is 0.102. The van der Waals surface area contributed by atoms with E-state index in [1.807, 2.05) is 37.3 Å². The highest BCUT2D eigenvalue weighted by molar-refractivity contribution is 6.01. The molecule has 0 radical (unpaired) electrons. The van der Waals surface area contributed by atoms with Crippen molar-refractivity contribution in [1.82, 2.24) is 9.97 Å². The molecule has 2 aromatic rings. The van der Waals surface area contributed by atoms with Crippen LogP contribution in [0.2, 0.25) is 0 Å². The summed E-state index contributed by atoms with van der Waals surface area (Å²) in [5, 5.41) is 2.74. The van der Waals surface area contributed by atoms with Crippen LogP contribution in [-0.2, 0) is 0 Å².